The maximum Gasteiger partial charge on any atom is 0.256 e. The van der Waals surface area contributed by atoms with Gasteiger partial charge in [-0.3, -0.25) is 9.48 Å². The molecule has 0 spiro atoms. The summed E-state index contributed by atoms with van der Waals surface area (Å²) >= 11 is 0. The van der Waals surface area contributed by atoms with Crippen molar-refractivity contribution in [2.24, 2.45) is 7.05 Å². The van der Waals surface area contributed by atoms with E-state index in [2.05, 4.69) is 10.4 Å². The lowest BCUT2D eigenvalue weighted by molar-refractivity contribution is 0.102. The zero-order valence-corrected chi connectivity index (χ0v) is 9.14. The molecule has 1 heterocycles. The summed E-state index contributed by atoms with van der Waals surface area (Å²) in [6.07, 6.45) is 1.55. The van der Waals surface area contributed by atoms with E-state index < -0.39 is 11.7 Å². The van der Waals surface area contributed by atoms with Gasteiger partial charge in [0.2, 0.25) is 0 Å². The molecule has 0 saturated carbocycles. The lowest BCUT2D eigenvalue weighted by Gasteiger charge is -2.05. The number of nitrogen functional groups attached to an aromatic ring is 1. The minimum Gasteiger partial charge on any atom is -0.396 e. The van der Waals surface area contributed by atoms with Crippen LogP contribution in [0.4, 0.5) is 15.9 Å². The first-order chi connectivity index (χ1) is 8.08. The van der Waals surface area contributed by atoms with Crippen LogP contribution in [0.15, 0.2) is 30.5 Å². The molecule has 17 heavy (non-hydrogen) atoms. The number of halogens is 1. The van der Waals surface area contributed by atoms with E-state index >= 15 is 0 Å². The standard InChI is InChI=1S/C11H11FN4O/c1-16-10(4-5-14-16)15-11(17)7-2-3-9(13)8(12)6-7/h2-6H,13H2,1H3,(H,15,17). The minimum absolute atomic E-state index is 0.0158. The number of nitrogens with zero attached hydrogens (tertiary/aromatic N) is 2. The maximum absolute atomic E-state index is 13.2. The number of benzene rings is 1. The predicted octanol–water partition coefficient (Wildman–Crippen LogP) is 1.39. The second-order valence-electron chi connectivity index (χ2n) is 3.53. The third kappa shape index (κ3) is 2.25. The summed E-state index contributed by atoms with van der Waals surface area (Å²) in [6.45, 7) is 0. The fourth-order valence-electron chi connectivity index (χ4n) is 1.35. The topological polar surface area (TPSA) is 72.9 Å². The molecule has 0 fully saturated rings. The number of hydrogen-bond donors (Lipinski definition) is 2. The number of aromatic nitrogens is 2. The van der Waals surface area contributed by atoms with E-state index in [1.807, 2.05) is 0 Å². The number of rotatable bonds is 2. The zero-order chi connectivity index (χ0) is 12.4. The molecule has 2 rings (SSSR count). The Morgan fingerprint density at radius 3 is 2.82 bits per heavy atom. The maximum atomic E-state index is 13.2. The van der Waals surface area contributed by atoms with Gasteiger partial charge in [0, 0.05) is 18.7 Å². The lowest BCUT2D eigenvalue weighted by Crippen LogP contribution is -2.15. The fourth-order valence-corrected chi connectivity index (χ4v) is 1.35. The summed E-state index contributed by atoms with van der Waals surface area (Å²) in [5.74, 6) is -0.484. The van der Waals surface area contributed by atoms with Gasteiger partial charge in [-0.1, -0.05) is 0 Å². The van der Waals surface area contributed by atoms with Gasteiger partial charge < -0.3 is 11.1 Å². The highest BCUT2D eigenvalue weighted by Crippen LogP contribution is 2.13. The second-order valence-corrected chi connectivity index (χ2v) is 3.53. The quantitative estimate of drug-likeness (QED) is 0.771. The van der Waals surface area contributed by atoms with Crippen LogP contribution in [0.3, 0.4) is 0 Å². The van der Waals surface area contributed by atoms with Crippen molar-refractivity contribution >= 4 is 17.4 Å². The van der Waals surface area contributed by atoms with Gasteiger partial charge in [0.25, 0.3) is 5.91 Å². The summed E-state index contributed by atoms with van der Waals surface area (Å²) in [5, 5.41) is 6.51. The molecule has 0 aliphatic carbocycles. The van der Waals surface area contributed by atoms with Crippen molar-refractivity contribution in [1.82, 2.24) is 9.78 Å². The van der Waals surface area contributed by atoms with Gasteiger partial charge >= 0.3 is 0 Å². The van der Waals surface area contributed by atoms with Gasteiger partial charge in [0.15, 0.2) is 0 Å². The first-order valence-electron chi connectivity index (χ1n) is 4.92. The van der Waals surface area contributed by atoms with Gasteiger partial charge in [0.05, 0.1) is 11.9 Å². The molecule has 0 unspecified atom stereocenters. The van der Waals surface area contributed by atoms with Crippen molar-refractivity contribution < 1.29 is 9.18 Å². The normalized spacial score (nSPS) is 10.2. The van der Waals surface area contributed by atoms with Crippen molar-refractivity contribution in [2.75, 3.05) is 11.1 Å². The first kappa shape index (κ1) is 11.1. The molecular weight excluding hydrogens is 223 g/mol. The molecule has 0 aliphatic heterocycles. The van der Waals surface area contributed by atoms with Crippen LogP contribution in [0, 0.1) is 5.82 Å². The molecule has 1 aromatic heterocycles. The number of hydrogen-bond acceptors (Lipinski definition) is 3. The average molecular weight is 234 g/mol. The van der Waals surface area contributed by atoms with Crippen LogP contribution in [0.1, 0.15) is 10.4 Å². The van der Waals surface area contributed by atoms with E-state index in [1.54, 1.807) is 19.3 Å². The van der Waals surface area contributed by atoms with E-state index in [9.17, 15) is 9.18 Å². The molecule has 0 aliphatic rings. The zero-order valence-electron chi connectivity index (χ0n) is 9.14. The summed E-state index contributed by atoms with van der Waals surface area (Å²) in [6, 6.07) is 5.56. The Hall–Kier alpha value is -2.37. The van der Waals surface area contributed by atoms with Crippen LogP contribution in [-0.2, 0) is 7.05 Å². The molecule has 2 aromatic rings. The highest BCUT2D eigenvalue weighted by molar-refractivity contribution is 6.03. The number of aryl methyl sites for hydroxylation is 1. The third-order valence-corrected chi connectivity index (χ3v) is 2.33. The van der Waals surface area contributed by atoms with E-state index in [0.29, 0.717) is 5.82 Å². The van der Waals surface area contributed by atoms with Gasteiger partial charge in [-0.25, -0.2) is 4.39 Å². The van der Waals surface area contributed by atoms with Crippen LogP contribution in [0.5, 0.6) is 0 Å². The predicted molar refractivity (Wildman–Crippen MR) is 62.0 cm³/mol. The van der Waals surface area contributed by atoms with Crippen molar-refractivity contribution in [1.29, 1.82) is 0 Å². The van der Waals surface area contributed by atoms with Crippen molar-refractivity contribution in [3.05, 3.63) is 41.8 Å². The molecule has 0 bridgehead atoms. The molecule has 5 nitrogen and oxygen atoms in total. The largest absolute Gasteiger partial charge is 0.396 e. The van der Waals surface area contributed by atoms with Crippen LogP contribution in [-0.4, -0.2) is 15.7 Å². The van der Waals surface area contributed by atoms with E-state index in [1.165, 1.54) is 16.8 Å². The molecule has 3 N–H and O–H groups in total. The first-order valence-corrected chi connectivity index (χ1v) is 4.92. The van der Waals surface area contributed by atoms with Crippen LogP contribution < -0.4 is 11.1 Å². The molecule has 0 atom stereocenters. The van der Waals surface area contributed by atoms with Crippen LogP contribution in [0.2, 0.25) is 0 Å². The molecule has 0 saturated heterocycles. The van der Waals surface area contributed by atoms with E-state index in [0.717, 1.165) is 6.07 Å². The van der Waals surface area contributed by atoms with Gasteiger partial charge in [-0.15, -0.1) is 0 Å². The third-order valence-electron chi connectivity index (χ3n) is 2.33. The molecule has 1 amide bonds. The van der Waals surface area contributed by atoms with Crippen LogP contribution in [0.25, 0.3) is 0 Å². The SMILES string of the molecule is Cn1nccc1NC(=O)c1ccc(N)c(F)c1. The Morgan fingerprint density at radius 1 is 1.47 bits per heavy atom. The number of anilines is 2. The van der Waals surface area contributed by atoms with E-state index in [-0.39, 0.29) is 11.3 Å². The summed E-state index contributed by atoms with van der Waals surface area (Å²) in [4.78, 5) is 11.8. The fraction of sp³-hybridized carbons (Fsp3) is 0.0909. The number of amides is 1. The number of carbonyl (C=O) groups is 1. The summed E-state index contributed by atoms with van der Waals surface area (Å²) < 4.78 is 14.7. The number of nitrogens with two attached hydrogens (primary N) is 1. The minimum atomic E-state index is -0.609. The molecule has 1 aromatic carbocycles. The number of carbonyl (C=O) groups excluding carboxylic acids is 1. The van der Waals surface area contributed by atoms with Gasteiger partial charge in [-0.2, -0.15) is 5.10 Å². The van der Waals surface area contributed by atoms with E-state index in [4.69, 9.17) is 5.73 Å². The molecule has 6 heteroatoms. The summed E-state index contributed by atoms with van der Waals surface area (Å²) in [7, 11) is 1.69. The van der Waals surface area contributed by atoms with Crippen molar-refractivity contribution in [2.45, 2.75) is 0 Å². The second kappa shape index (κ2) is 4.25. The number of nitrogens with one attached hydrogen (secondary N) is 1. The van der Waals surface area contributed by atoms with Gasteiger partial charge in [-0.05, 0) is 18.2 Å². The average Bonchev–Trinajstić information content (AvgIpc) is 2.68. The molecule has 0 radical (unpaired) electrons. The Kier molecular flexibility index (Phi) is 2.78. The highest BCUT2D eigenvalue weighted by Gasteiger charge is 2.10. The Morgan fingerprint density at radius 2 is 2.24 bits per heavy atom. The Balaban J connectivity index is 2.20. The van der Waals surface area contributed by atoms with Gasteiger partial charge in [0.1, 0.15) is 11.6 Å². The van der Waals surface area contributed by atoms with Crippen LogP contribution >= 0.6 is 0 Å². The summed E-state index contributed by atoms with van der Waals surface area (Å²) in [5.41, 5.74) is 5.55. The van der Waals surface area contributed by atoms with Crippen molar-refractivity contribution in [3.63, 3.8) is 0 Å². The lowest BCUT2D eigenvalue weighted by atomic mass is 10.2. The highest BCUT2D eigenvalue weighted by atomic mass is 19.1. The Labute approximate surface area is 97.0 Å². The monoisotopic (exact) mass is 234 g/mol. The molecule has 88 valence electrons. The molecular formula is C11H11FN4O. The van der Waals surface area contributed by atoms with Crippen molar-refractivity contribution in [3.8, 4) is 0 Å². The smallest absolute Gasteiger partial charge is 0.256 e. The Bertz CT molecular complexity index is 564.